The number of hydrogen-bond donors (Lipinski definition) is 3. The van der Waals surface area contributed by atoms with Crippen LogP contribution in [0.5, 0.6) is 11.6 Å². The molecule has 0 saturated carbocycles. The number of aromatic hydroxyl groups is 1. The molecule has 2 heterocycles. The average molecular weight is 482 g/mol. The number of nitrogens with zero attached hydrogens (tertiary/aromatic N) is 4. The van der Waals surface area contributed by atoms with E-state index in [1.807, 2.05) is 84.9 Å². The highest BCUT2D eigenvalue weighted by atomic mass is 16.5. The number of imidazole rings is 1. The van der Waals surface area contributed by atoms with Crippen LogP contribution in [0.15, 0.2) is 91.3 Å². The first kappa shape index (κ1) is 22.9. The van der Waals surface area contributed by atoms with E-state index in [2.05, 4.69) is 20.3 Å². The number of aliphatic carboxylic acids is 1. The monoisotopic (exact) mass is 481 g/mol. The van der Waals surface area contributed by atoms with Crippen molar-refractivity contribution in [2.75, 3.05) is 12.4 Å². The van der Waals surface area contributed by atoms with Gasteiger partial charge in [0.2, 0.25) is 11.8 Å². The van der Waals surface area contributed by atoms with Crippen LogP contribution in [0.4, 0.5) is 5.95 Å². The maximum absolute atomic E-state index is 11.3. The SMILES string of the molecule is COc1ccc(C(Nc2nc(O)c3ncn(CC(=O)O)c3n2)(c2ccccc2)c2ccccc2)cc1. The zero-order chi connectivity index (χ0) is 25.1. The molecule has 9 nitrogen and oxygen atoms in total. The Labute approximate surface area is 206 Å². The molecule has 2 aromatic heterocycles. The van der Waals surface area contributed by atoms with Gasteiger partial charge in [-0.25, -0.2) is 4.98 Å². The summed E-state index contributed by atoms with van der Waals surface area (Å²) >= 11 is 0. The van der Waals surface area contributed by atoms with Crippen molar-refractivity contribution in [2.24, 2.45) is 0 Å². The van der Waals surface area contributed by atoms with Crippen molar-refractivity contribution >= 4 is 23.1 Å². The molecule has 5 aromatic rings. The molecular formula is C27H23N5O4. The van der Waals surface area contributed by atoms with E-state index >= 15 is 0 Å². The van der Waals surface area contributed by atoms with Gasteiger partial charge in [0, 0.05) is 0 Å². The molecule has 0 aliphatic rings. The summed E-state index contributed by atoms with van der Waals surface area (Å²) in [7, 11) is 1.61. The van der Waals surface area contributed by atoms with E-state index in [4.69, 9.17) is 4.74 Å². The minimum Gasteiger partial charge on any atom is -0.497 e. The number of carboxylic acids is 1. The number of rotatable bonds is 8. The molecule has 180 valence electrons. The molecule has 0 radical (unpaired) electrons. The van der Waals surface area contributed by atoms with Crippen LogP contribution in [-0.2, 0) is 16.9 Å². The molecule has 3 aromatic carbocycles. The first-order valence-corrected chi connectivity index (χ1v) is 11.2. The Kier molecular flexibility index (Phi) is 5.95. The van der Waals surface area contributed by atoms with Gasteiger partial charge < -0.3 is 24.8 Å². The molecule has 0 unspecified atom stereocenters. The lowest BCUT2D eigenvalue weighted by molar-refractivity contribution is -0.137. The van der Waals surface area contributed by atoms with Crippen LogP contribution in [0.3, 0.4) is 0 Å². The summed E-state index contributed by atoms with van der Waals surface area (Å²) in [6.07, 6.45) is 1.32. The molecule has 0 aliphatic heterocycles. The van der Waals surface area contributed by atoms with Crippen LogP contribution < -0.4 is 10.1 Å². The number of fused-ring (bicyclic) bond motifs is 1. The predicted octanol–water partition coefficient (Wildman–Crippen LogP) is 4.03. The van der Waals surface area contributed by atoms with E-state index in [1.54, 1.807) is 7.11 Å². The Morgan fingerprint density at radius 1 is 0.917 bits per heavy atom. The van der Waals surface area contributed by atoms with Gasteiger partial charge in [-0.15, -0.1) is 0 Å². The fourth-order valence-corrected chi connectivity index (χ4v) is 4.35. The summed E-state index contributed by atoms with van der Waals surface area (Å²) in [5.74, 6) is -0.586. The number of benzene rings is 3. The van der Waals surface area contributed by atoms with Gasteiger partial charge in [-0.2, -0.15) is 9.97 Å². The first-order valence-electron chi connectivity index (χ1n) is 11.2. The lowest BCUT2D eigenvalue weighted by Crippen LogP contribution is -2.38. The summed E-state index contributed by atoms with van der Waals surface area (Å²) in [6.45, 7) is -0.354. The number of anilines is 1. The molecule has 0 amide bonds. The Morgan fingerprint density at radius 2 is 1.50 bits per heavy atom. The minimum absolute atomic E-state index is 0.107. The Balaban J connectivity index is 1.75. The Bertz CT molecular complexity index is 1460. The van der Waals surface area contributed by atoms with E-state index < -0.39 is 11.5 Å². The Morgan fingerprint density at radius 3 is 2.06 bits per heavy atom. The molecule has 3 N–H and O–H groups in total. The smallest absolute Gasteiger partial charge is 0.323 e. The fourth-order valence-electron chi connectivity index (χ4n) is 4.35. The first-order chi connectivity index (χ1) is 17.5. The maximum atomic E-state index is 11.3. The van der Waals surface area contributed by atoms with E-state index in [0.29, 0.717) is 5.75 Å². The van der Waals surface area contributed by atoms with Gasteiger partial charge in [0.1, 0.15) is 17.8 Å². The van der Waals surface area contributed by atoms with Crippen LogP contribution in [0.2, 0.25) is 0 Å². The van der Waals surface area contributed by atoms with Crippen LogP contribution >= 0.6 is 0 Å². The summed E-state index contributed by atoms with van der Waals surface area (Å²) in [5.41, 5.74) is 2.05. The largest absolute Gasteiger partial charge is 0.497 e. The number of hydrogen-bond acceptors (Lipinski definition) is 7. The molecule has 0 fully saturated rings. The van der Waals surface area contributed by atoms with Crippen molar-refractivity contribution in [3.05, 3.63) is 108 Å². The Hall–Kier alpha value is -4.92. The van der Waals surface area contributed by atoms with Gasteiger partial charge in [-0.3, -0.25) is 4.79 Å². The highest BCUT2D eigenvalue weighted by Gasteiger charge is 2.37. The molecular weight excluding hydrogens is 458 g/mol. The van der Waals surface area contributed by atoms with E-state index in [0.717, 1.165) is 16.7 Å². The number of carboxylic acid groups (broad SMARTS) is 1. The maximum Gasteiger partial charge on any atom is 0.323 e. The second-order valence-corrected chi connectivity index (χ2v) is 8.14. The molecule has 5 rings (SSSR count). The summed E-state index contributed by atoms with van der Waals surface area (Å²) in [5, 5.41) is 23.4. The number of aromatic nitrogens is 4. The van der Waals surface area contributed by atoms with Crippen molar-refractivity contribution in [1.82, 2.24) is 19.5 Å². The highest BCUT2D eigenvalue weighted by Crippen LogP contribution is 2.40. The molecule has 0 saturated heterocycles. The van der Waals surface area contributed by atoms with Crippen molar-refractivity contribution < 1.29 is 19.7 Å². The number of nitrogens with one attached hydrogen (secondary N) is 1. The van der Waals surface area contributed by atoms with Crippen LogP contribution in [0.25, 0.3) is 11.2 Å². The third-order valence-electron chi connectivity index (χ3n) is 5.99. The minimum atomic E-state index is -1.05. The summed E-state index contributed by atoms with van der Waals surface area (Å²) < 4.78 is 6.73. The number of carbonyl (C=O) groups is 1. The van der Waals surface area contributed by atoms with Gasteiger partial charge in [-0.05, 0) is 28.8 Å². The van der Waals surface area contributed by atoms with Crippen molar-refractivity contribution in [1.29, 1.82) is 0 Å². The standard InChI is InChI=1S/C27H23N5O4/c1-36-21-14-12-20(13-15-21)27(18-8-4-2-5-9-18,19-10-6-3-7-11-19)31-26-29-24-23(25(35)30-26)28-17-32(24)16-22(33)34/h2-15,17H,16H2,1H3,(H,33,34)(H2,29,30,31,35). The topological polar surface area (TPSA) is 122 Å². The quantitative estimate of drug-likeness (QED) is 0.284. The predicted molar refractivity (Wildman–Crippen MR) is 134 cm³/mol. The summed E-state index contributed by atoms with van der Waals surface area (Å²) in [6, 6.07) is 27.3. The number of methoxy groups -OCH3 is 1. The second-order valence-electron chi connectivity index (χ2n) is 8.14. The summed E-state index contributed by atoms with van der Waals surface area (Å²) in [4.78, 5) is 24.3. The van der Waals surface area contributed by atoms with E-state index in [-0.39, 0.29) is 29.5 Å². The van der Waals surface area contributed by atoms with Gasteiger partial charge in [-0.1, -0.05) is 72.8 Å². The normalized spacial score (nSPS) is 11.4. The lowest BCUT2D eigenvalue weighted by atomic mass is 9.77. The zero-order valence-corrected chi connectivity index (χ0v) is 19.4. The lowest BCUT2D eigenvalue weighted by Gasteiger charge is -2.37. The third-order valence-corrected chi connectivity index (χ3v) is 5.99. The second kappa shape index (κ2) is 9.38. The van der Waals surface area contributed by atoms with E-state index in [1.165, 1.54) is 10.9 Å². The molecule has 9 heteroatoms. The van der Waals surface area contributed by atoms with Crippen LogP contribution in [-0.4, -0.2) is 42.8 Å². The average Bonchev–Trinajstić information content (AvgIpc) is 3.31. The molecule has 36 heavy (non-hydrogen) atoms. The molecule has 0 aliphatic carbocycles. The highest BCUT2D eigenvalue weighted by molar-refractivity contribution is 5.79. The van der Waals surface area contributed by atoms with E-state index in [9.17, 15) is 15.0 Å². The molecule has 0 spiro atoms. The third kappa shape index (κ3) is 4.07. The molecule has 0 atom stereocenters. The van der Waals surface area contributed by atoms with Crippen molar-refractivity contribution in [3.63, 3.8) is 0 Å². The fraction of sp³-hybridized carbons (Fsp3) is 0.111. The molecule has 0 bridgehead atoms. The van der Waals surface area contributed by atoms with Crippen molar-refractivity contribution in [2.45, 2.75) is 12.1 Å². The van der Waals surface area contributed by atoms with Gasteiger partial charge in [0.25, 0.3) is 0 Å². The van der Waals surface area contributed by atoms with Gasteiger partial charge in [0.05, 0.1) is 13.4 Å². The number of ether oxygens (including phenoxy) is 1. The zero-order valence-electron chi connectivity index (χ0n) is 19.4. The van der Waals surface area contributed by atoms with Crippen LogP contribution in [0, 0.1) is 0 Å². The van der Waals surface area contributed by atoms with Gasteiger partial charge in [0.15, 0.2) is 11.2 Å². The van der Waals surface area contributed by atoms with Gasteiger partial charge >= 0.3 is 5.97 Å². The van der Waals surface area contributed by atoms with Crippen molar-refractivity contribution in [3.8, 4) is 11.6 Å². The van der Waals surface area contributed by atoms with Crippen LogP contribution in [0.1, 0.15) is 16.7 Å².